The van der Waals surface area contributed by atoms with Crippen LogP contribution in [-0.4, -0.2) is 68.9 Å². The lowest BCUT2D eigenvalue weighted by Gasteiger charge is -2.43. The van der Waals surface area contributed by atoms with E-state index in [1.165, 1.54) is 35.3 Å². The minimum absolute atomic E-state index is 0.0188. The molecule has 3 aliphatic heterocycles. The minimum atomic E-state index is -1.13. The lowest BCUT2D eigenvalue weighted by Crippen LogP contribution is -2.60. The van der Waals surface area contributed by atoms with Gasteiger partial charge in [0, 0.05) is 24.8 Å². The van der Waals surface area contributed by atoms with Crippen LogP contribution in [0.25, 0.3) is 0 Å². The maximum Gasteiger partial charge on any atom is 0.354 e. The average molecular weight is 388 g/mol. The van der Waals surface area contributed by atoms with Crippen molar-refractivity contribution < 1.29 is 29.3 Å². The summed E-state index contributed by atoms with van der Waals surface area (Å²) in [5.41, 5.74) is 0.0188. The molecule has 0 spiro atoms. The molecule has 3 rings (SSSR count). The molecule has 2 fully saturated rings. The topological polar surface area (TPSA) is 116 Å². The standard InChI is InChI=1S/C15H20N2O6S2/c1-6(18)10-12(20)17-11(14(21)22)15(25-13(10)17)24-9-3-8(16-4-9)5-23-7(2)19/h6,8-10,13,16,18H,3-5H2,1-2H3,(H,21,22)/t6-,8?,9+,10+,13-/m1/s1. The third-order valence-corrected chi connectivity index (χ3v) is 7.24. The fourth-order valence-electron chi connectivity index (χ4n) is 3.20. The van der Waals surface area contributed by atoms with Crippen molar-refractivity contribution >= 4 is 41.4 Å². The maximum atomic E-state index is 12.2. The number of aliphatic carboxylic acids is 1. The number of esters is 1. The van der Waals surface area contributed by atoms with Crippen molar-refractivity contribution in [3.8, 4) is 0 Å². The lowest BCUT2D eigenvalue weighted by molar-refractivity contribution is -0.156. The summed E-state index contributed by atoms with van der Waals surface area (Å²) in [7, 11) is 0. The average Bonchev–Trinajstić information content (AvgIpc) is 3.08. The van der Waals surface area contributed by atoms with Gasteiger partial charge in [0.25, 0.3) is 0 Å². The van der Waals surface area contributed by atoms with Gasteiger partial charge < -0.3 is 20.3 Å². The van der Waals surface area contributed by atoms with Gasteiger partial charge in [-0.2, -0.15) is 0 Å². The Kier molecular flexibility index (Phi) is 5.33. The number of carbonyl (C=O) groups excluding carboxylic acids is 2. The van der Waals surface area contributed by atoms with Gasteiger partial charge in [0.05, 0.1) is 16.3 Å². The Morgan fingerprint density at radius 2 is 2.24 bits per heavy atom. The van der Waals surface area contributed by atoms with E-state index < -0.39 is 18.0 Å². The predicted octanol–water partition coefficient (Wildman–Crippen LogP) is 0.179. The highest BCUT2D eigenvalue weighted by molar-refractivity contribution is 8.23. The monoisotopic (exact) mass is 388 g/mol. The van der Waals surface area contributed by atoms with Crippen LogP contribution in [0.15, 0.2) is 9.93 Å². The zero-order valence-electron chi connectivity index (χ0n) is 13.8. The smallest absolute Gasteiger partial charge is 0.354 e. The molecule has 1 amide bonds. The Morgan fingerprint density at radius 1 is 1.52 bits per heavy atom. The lowest BCUT2D eigenvalue weighted by atomic mass is 9.92. The van der Waals surface area contributed by atoms with Crippen LogP contribution in [0.1, 0.15) is 20.3 Å². The first-order valence-electron chi connectivity index (χ1n) is 7.98. The highest BCUT2D eigenvalue weighted by atomic mass is 32.2. The number of thioether (sulfide) groups is 2. The number of aliphatic hydroxyl groups excluding tert-OH is 1. The third kappa shape index (κ3) is 3.53. The second-order valence-corrected chi connectivity index (χ2v) is 9.00. The van der Waals surface area contributed by atoms with Crippen molar-refractivity contribution in [1.82, 2.24) is 10.2 Å². The second-order valence-electron chi connectivity index (χ2n) is 6.31. The van der Waals surface area contributed by atoms with Crippen molar-refractivity contribution in [2.45, 2.75) is 43.0 Å². The maximum absolute atomic E-state index is 12.2. The van der Waals surface area contributed by atoms with E-state index in [4.69, 9.17) is 4.74 Å². The van der Waals surface area contributed by atoms with Crippen LogP contribution < -0.4 is 5.32 Å². The summed E-state index contributed by atoms with van der Waals surface area (Å²) >= 11 is 2.77. The summed E-state index contributed by atoms with van der Waals surface area (Å²) in [4.78, 5) is 36.0. The van der Waals surface area contributed by atoms with Gasteiger partial charge in [0.15, 0.2) is 5.70 Å². The molecule has 138 valence electrons. The Labute approximate surface area is 153 Å². The number of ether oxygens (including phenoxy) is 1. The number of rotatable bonds is 6. The van der Waals surface area contributed by atoms with E-state index in [0.29, 0.717) is 17.4 Å². The first-order valence-corrected chi connectivity index (χ1v) is 9.74. The van der Waals surface area contributed by atoms with Gasteiger partial charge in [-0.1, -0.05) is 11.8 Å². The van der Waals surface area contributed by atoms with Crippen LogP contribution in [0.2, 0.25) is 0 Å². The summed E-state index contributed by atoms with van der Waals surface area (Å²) in [6.07, 6.45) is -0.0604. The second kappa shape index (κ2) is 7.18. The van der Waals surface area contributed by atoms with Crippen LogP contribution in [0.5, 0.6) is 0 Å². The summed E-state index contributed by atoms with van der Waals surface area (Å²) < 4.78 is 5.60. The van der Waals surface area contributed by atoms with Gasteiger partial charge in [0.2, 0.25) is 5.91 Å². The number of fused-ring (bicyclic) bond motifs is 1. The number of nitrogens with zero attached hydrogens (tertiary/aromatic N) is 1. The third-order valence-electron chi connectivity index (χ3n) is 4.41. The van der Waals surface area contributed by atoms with Gasteiger partial charge in [-0.15, -0.1) is 11.8 Å². The highest BCUT2D eigenvalue weighted by Crippen LogP contribution is 2.54. The molecule has 0 aromatic carbocycles. The Hall–Kier alpha value is -1.23. The van der Waals surface area contributed by atoms with Gasteiger partial charge in [-0.05, 0) is 13.3 Å². The first-order chi connectivity index (χ1) is 11.8. The van der Waals surface area contributed by atoms with Gasteiger partial charge in [-0.25, -0.2) is 4.79 Å². The molecule has 10 heteroatoms. The molecule has 0 aromatic rings. The quantitative estimate of drug-likeness (QED) is 0.433. The Bertz CT molecular complexity index is 638. The molecule has 3 heterocycles. The highest BCUT2D eigenvalue weighted by Gasteiger charge is 2.58. The van der Waals surface area contributed by atoms with E-state index in [1.807, 2.05) is 0 Å². The van der Waals surface area contributed by atoms with Gasteiger partial charge >= 0.3 is 11.9 Å². The summed E-state index contributed by atoms with van der Waals surface area (Å²) in [6, 6.07) is 0.0468. The van der Waals surface area contributed by atoms with Crippen LogP contribution >= 0.6 is 23.5 Å². The molecule has 25 heavy (non-hydrogen) atoms. The molecule has 2 saturated heterocycles. The molecule has 0 aliphatic carbocycles. The van der Waals surface area contributed by atoms with Crippen molar-refractivity contribution in [1.29, 1.82) is 0 Å². The Morgan fingerprint density at radius 3 is 2.84 bits per heavy atom. The van der Waals surface area contributed by atoms with Gasteiger partial charge in [-0.3, -0.25) is 14.5 Å². The van der Waals surface area contributed by atoms with E-state index in [2.05, 4.69) is 5.32 Å². The summed E-state index contributed by atoms with van der Waals surface area (Å²) in [6.45, 7) is 3.88. The number of carboxylic acids is 1. The zero-order valence-corrected chi connectivity index (χ0v) is 15.4. The number of amides is 1. The number of aliphatic hydroxyl groups is 1. The van der Waals surface area contributed by atoms with Crippen molar-refractivity contribution in [3.05, 3.63) is 9.93 Å². The van der Waals surface area contributed by atoms with Crippen molar-refractivity contribution in [2.75, 3.05) is 13.2 Å². The van der Waals surface area contributed by atoms with Crippen molar-refractivity contribution in [2.24, 2.45) is 5.92 Å². The van der Waals surface area contributed by atoms with Gasteiger partial charge in [0.1, 0.15) is 12.0 Å². The number of carbonyl (C=O) groups is 3. The number of hydrogen-bond acceptors (Lipinski definition) is 8. The largest absolute Gasteiger partial charge is 0.477 e. The normalized spacial score (nSPS) is 32.4. The molecule has 5 atom stereocenters. The van der Waals surface area contributed by atoms with Crippen LogP contribution in [0.4, 0.5) is 0 Å². The molecule has 8 nitrogen and oxygen atoms in total. The number of β-lactam (4-membered cyclic amide) rings is 1. The predicted molar refractivity (Wildman–Crippen MR) is 92.5 cm³/mol. The zero-order chi connectivity index (χ0) is 18.3. The molecule has 1 unspecified atom stereocenters. The van der Waals surface area contributed by atoms with E-state index in [1.54, 1.807) is 6.92 Å². The number of hydrogen-bond donors (Lipinski definition) is 3. The van der Waals surface area contributed by atoms with Crippen LogP contribution in [0, 0.1) is 5.92 Å². The number of nitrogens with one attached hydrogen (secondary N) is 1. The molecule has 0 aromatic heterocycles. The summed E-state index contributed by atoms with van der Waals surface area (Å²) in [5, 5.41) is 22.3. The van der Waals surface area contributed by atoms with E-state index in [9.17, 15) is 24.6 Å². The molecular weight excluding hydrogens is 368 g/mol. The van der Waals surface area contributed by atoms with E-state index in [0.717, 1.165) is 6.42 Å². The van der Waals surface area contributed by atoms with E-state index >= 15 is 0 Å². The molecule has 0 saturated carbocycles. The fraction of sp³-hybridized carbons (Fsp3) is 0.667. The van der Waals surface area contributed by atoms with Crippen molar-refractivity contribution in [3.63, 3.8) is 0 Å². The SMILES string of the molecule is CC(=O)OCC1C[C@H](SC2=C(C(=O)O)N3C(=O)[C@H]([C@@H](C)O)[C@H]3S2)CN1. The number of carboxylic acid groups (broad SMARTS) is 1. The fourth-order valence-corrected chi connectivity index (χ4v) is 6.56. The molecule has 3 N–H and O–H groups in total. The molecule has 0 bridgehead atoms. The molecule has 3 aliphatic rings. The van der Waals surface area contributed by atoms with Crippen LogP contribution in [0.3, 0.4) is 0 Å². The molecule has 0 radical (unpaired) electrons. The minimum Gasteiger partial charge on any atom is -0.477 e. The molecular formula is C15H20N2O6S2. The van der Waals surface area contributed by atoms with Crippen LogP contribution in [-0.2, 0) is 19.1 Å². The summed E-state index contributed by atoms with van der Waals surface area (Å²) in [5.74, 6) is -2.35. The van der Waals surface area contributed by atoms with E-state index in [-0.39, 0.29) is 34.2 Å². The Balaban J connectivity index is 1.65. The first kappa shape index (κ1) is 18.6.